The summed E-state index contributed by atoms with van der Waals surface area (Å²) in [6, 6.07) is 0. The van der Waals surface area contributed by atoms with Gasteiger partial charge in [-0.05, 0) is 31.9 Å². The van der Waals surface area contributed by atoms with Crippen molar-refractivity contribution in [3.63, 3.8) is 0 Å². The molecule has 2 nitrogen and oxygen atoms in total. The molecule has 0 N–H and O–H groups in total. The van der Waals surface area contributed by atoms with Crippen LogP contribution in [0.1, 0.15) is 175 Å². The van der Waals surface area contributed by atoms with Gasteiger partial charge in [-0.25, -0.2) is 0 Å². The van der Waals surface area contributed by atoms with Gasteiger partial charge in [0.05, 0.1) is 0 Å². The Morgan fingerprint density at radius 2 is 0.829 bits per heavy atom. The fourth-order valence-electron chi connectivity index (χ4n) is 4.93. The molecule has 1 atom stereocenters. The molecule has 1 unspecified atom stereocenters. The average Bonchev–Trinajstić information content (AvgIpc) is 2.85. The van der Waals surface area contributed by atoms with Gasteiger partial charge in [-0.3, -0.25) is 0 Å². The largest absolute Gasteiger partial charge is 0.395 e. The van der Waals surface area contributed by atoms with Crippen LogP contribution in [0.2, 0.25) is 13.1 Å². The van der Waals surface area contributed by atoms with Crippen molar-refractivity contribution in [2.75, 3.05) is 13.2 Å². The van der Waals surface area contributed by atoms with Crippen LogP contribution in [0, 0.1) is 5.92 Å². The van der Waals surface area contributed by atoms with E-state index in [-0.39, 0.29) is 0 Å². The molecule has 35 heavy (non-hydrogen) atoms. The third kappa shape index (κ3) is 27.0. The summed E-state index contributed by atoms with van der Waals surface area (Å²) >= 11 is 0. The van der Waals surface area contributed by atoms with Crippen LogP contribution in [0.3, 0.4) is 0 Å². The molecule has 0 fully saturated rings. The van der Waals surface area contributed by atoms with Crippen molar-refractivity contribution in [1.82, 2.24) is 0 Å². The van der Waals surface area contributed by atoms with Gasteiger partial charge in [-0.2, -0.15) is 0 Å². The molecule has 0 aromatic carbocycles. The third-order valence-corrected chi connectivity index (χ3v) is 9.42. The number of hydrogen-bond acceptors (Lipinski definition) is 2. The maximum absolute atomic E-state index is 6.24. The van der Waals surface area contributed by atoms with Gasteiger partial charge in [-0.1, -0.05) is 162 Å². The molecule has 0 heterocycles. The van der Waals surface area contributed by atoms with Gasteiger partial charge in [0, 0.05) is 13.2 Å². The van der Waals surface area contributed by atoms with Crippen LogP contribution in [-0.2, 0) is 8.85 Å². The second-order valence-corrected chi connectivity index (χ2v) is 15.1. The SMILES string of the molecule is CCCCCCCCCCCCCCCCCCCCCCO[Si](C)(C)OCC(CC)CCCC. The lowest BCUT2D eigenvalue weighted by Crippen LogP contribution is -2.37. The molecule has 0 aromatic heterocycles. The molecule has 0 radical (unpaired) electrons. The smallest absolute Gasteiger partial charge is 0.331 e. The summed E-state index contributed by atoms with van der Waals surface area (Å²) in [6.07, 6.45) is 33.7. The summed E-state index contributed by atoms with van der Waals surface area (Å²) in [5, 5.41) is 0. The van der Waals surface area contributed by atoms with Crippen LogP contribution in [0.25, 0.3) is 0 Å². The Kier molecular flexibility index (Phi) is 27.3. The van der Waals surface area contributed by atoms with Crippen LogP contribution in [0.15, 0.2) is 0 Å². The zero-order valence-corrected chi connectivity index (χ0v) is 26.3. The minimum absolute atomic E-state index is 0.713. The van der Waals surface area contributed by atoms with E-state index in [9.17, 15) is 0 Å². The molecular formula is C32H68O2Si. The lowest BCUT2D eigenvalue weighted by atomic mass is 10.0. The van der Waals surface area contributed by atoms with E-state index in [1.807, 2.05) is 0 Å². The molecule has 0 aliphatic rings. The van der Waals surface area contributed by atoms with E-state index in [1.54, 1.807) is 0 Å². The molecule has 0 saturated carbocycles. The molecule has 0 saturated heterocycles. The fraction of sp³-hybridized carbons (Fsp3) is 1.00. The Morgan fingerprint density at radius 3 is 1.20 bits per heavy atom. The Hall–Kier alpha value is 0.137. The average molecular weight is 513 g/mol. The van der Waals surface area contributed by atoms with E-state index in [4.69, 9.17) is 8.85 Å². The molecule has 0 aromatic rings. The van der Waals surface area contributed by atoms with E-state index in [0.717, 1.165) is 13.2 Å². The number of hydrogen-bond donors (Lipinski definition) is 0. The Morgan fingerprint density at radius 1 is 0.457 bits per heavy atom. The highest BCUT2D eigenvalue weighted by atomic mass is 28.4. The topological polar surface area (TPSA) is 18.5 Å². The van der Waals surface area contributed by atoms with E-state index < -0.39 is 8.56 Å². The molecule has 212 valence electrons. The lowest BCUT2D eigenvalue weighted by molar-refractivity contribution is 0.146. The second kappa shape index (κ2) is 27.2. The predicted octanol–water partition coefficient (Wildman–Crippen LogP) is 11.8. The van der Waals surface area contributed by atoms with E-state index >= 15 is 0 Å². The van der Waals surface area contributed by atoms with E-state index in [0.29, 0.717) is 5.92 Å². The van der Waals surface area contributed by atoms with Crippen LogP contribution < -0.4 is 0 Å². The zero-order chi connectivity index (χ0) is 25.9. The highest BCUT2D eigenvalue weighted by Crippen LogP contribution is 2.18. The predicted molar refractivity (Wildman–Crippen MR) is 161 cm³/mol. The zero-order valence-electron chi connectivity index (χ0n) is 25.3. The van der Waals surface area contributed by atoms with Gasteiger partial charge < -0.3 is 8.85 Å². The summed E-state index contributed by atoms with van der Waals surface area (Å²) in [4.78, 5) is 0. The van der Waals surface area contributed by atoms with Gasteiger partial charge in [-0.15, -0.1) is 0 Å². The normalized spacial score (nSPS) is 12.9. The molecule has 0 aliphatic carbocycles. The van der Waals surface area contributed by atoms with Gasteiger partial charge in [0.25, 0.3) is 0 Å². The van der Waals surface area contributed by atoms with Crippen LogP contribution >= 0.6 is 0 Å². The van der Waals surface area contributed by atoms with Crippen molar-refractivity contribution in [3.05, 3.63) is 0 Å². The molecular weight excluding hydrogens is 444 g/mol. The first-order valence-electron chi connectivity index (χ1n) is 16.3. The molecule has 0 amide bonds. The van der Waals surface area contributed by atoms with Gasteiger partial charge in [0.1, 0.15) is 0 Å². The summed E-state index contributed by atoms with van der Waals surface area (Å²) < 4.78 is 12.4. The molecule has 3 heteroatoms. The van der Waals surface area contributed by atoms with Crippen molar-refractivity contribution < 1.29 is 8.85 Å². The standard InChI is InChI=1S/C32H68O2Si/c1-6-9-11-12-13-14-15-16-17-18-19-20-21-22-23-24-25-26-27-28-30-33-35(4,5)34-31-32(8-3)29-10-7-2/h32H,6-31H2,1-5H3. The Labute approximate surface area is 224 Å². The van der Waals surface area contributed by atoms with Gasteiger partial charge in [0.15, 0.2) is 0 Å². The quantitative estimate of drug-likeness (QED) is 0.0732. The lowest BCUT2D eigenvalue weighted by Gasteiger charge is -2.26. The van der Waals surface area contributed by atoms with Crippen molar-refractivity contribution in [3.8, 4) is 0 Å². The van der Waals surface area contributed by atoms with Crippen LogP contribution in [0.4, 0.5) is 0 Å². The Balaban J connectivity index is 3.31. The third-order valence-electron chi connectivity index (χ3n) is 7.66. The highest BCUT2D eigenvalue weighted by molar-refractivity contribution is 6.64. The highest BCUT2D eigenvalue weighted by Gasteiger charge is 2.25. The Bertz CT molecular complexity index is 399. The molecule has 0 aliphatic heterocycles. The van der Waals surface area contributed by atoms with Gasteiger partial charge in [0.2, 0.25) is 0 Å². The summed E-state index contributed by atoms with van der Waals surface area (Å²) in [6.45, 7) is 13.1. The second-order valence-electron chi connectivity index (χ2n) is 11.7. The van der Waals surface area contributed by atoms with Crippen molar-refractivity contribution in [1.29, 1.82) is 0 Å². The summed E-state index contributed by atoms with van der Waals surface area (Å²) in [5.41, 5.74) is 0. The minimum atomic E-state index is -1.94. The van der Waals surface area contributed by atoms with Crippen LogP contribution in [0.5, 0.6) is 0 Å². The fourth-order valence-corrected chi connectivity index (χ4v) is 6.29. The molecule has 0 rings (SSSR count). The van der Waals surface area contributed by atoms with E-state index in [1.165, 1.54) is 154 Å². The monoisotopic (exact) mass is 512 g/mol. The summed E-state index contributed by atoms with van der Waals surface area (Å²) in [5.74, 6) is 0.713. The first-order chi connectivity index (χ1) is 17.1. The summed E-state index contributed by atoms with van der Waals surface area (Å²) in [7, 11) is -1.94. The van der Waals surface area contributed by atoms with E-state index in [2.05, 4.69) is 33.9 Å². The van der Waals surface area contributed by atoms with Crippen LogP contribution in [-0.4, -0.2) is 21.8 Å². The first kappa shape index (κ1) is 35.1. The number of rotatable bonds is 29. The first-order valence-corrected chi connectivity index (χ1v) is 19.1. The minimum Gasteiger partial charge on any atom is -0.395 e. The number of unbranched alkanes of at least 4 members (excludes halogenated alkanes) is 20. The van der Waals surface area contributed by atoms with Crippen molar-refractivity contribution >= 4 is 8.56 Å². The molecule has 0 spiro atoms. The van der Waals surface area contributed by atoms with Crippen molar-refractivity contribution in [2.24, 2.45) is 5.92 Å². The maximum Gasteiger partial charge on any atom is 0.331 e. The molecule has 0 bridgehead atoms. The van der Waals surface area contributed by atoms with Crippen molar-refractivity contribution in [2.45, 2.75) is 188 Å². The van der Waals surface area contributed by atoms with Gasteiger partial charge >= 0.3 is 8.56 Å². The maximum atomic E-state index is 6.24.